The molecule has 0 aliphatic carbocycles. The van der Waals surface area contributed by atoms with Crippen molar-refractivity contribution in [3.63, 3.8) is 0 Å². The van der Waals surface area contributed by atoms with Crippen LogP contribution in [0.15, 0.2) is 30.3 Å². The number of hydrogen-bond acceptors (Lipinski definition) is 3. The Morgan fingerprint density at radius 2 is 2.00 bits per heavy atom. The second-order valence-corrected chi connectivity index (χ2v) is 4.58. The zero-order valence-electron chi connectivity index (χ0n) is 10.4. The molecule has 19 heavy (non-hydrogen) atoms. The minimum atomic E-state index is -0.889. The number of benzene rings is 1. The van der Waals surface area contributed by atoms with E-state index in [4.69, 9.17) is 5.26 Å². The molecule has 1 aromatic rings. The smallest absolute Gasteiger partial charge is 0.322 e. The van der Waals surface area contributed by atoms with Crippen molar-refractivity contribution in [2.75, 3.05) is 0 Å². The Morgan fingerprint density at radius 3 is 2.53 bits per heavy atom. The molecule has 1 heterocycles. The Kier molecular flexibility index (Phi) is 3.34. The van der Waals surface area contributed by atoms with Gasteiger partial charge in [0.05, 0.1) is 11.6 Å². The van der Waals surface area contributed by atoms with Crippen molar-refractivity contribution in [2.24, 2.45) is 0 Å². The van der Waals surface area contributed by atoms with Crippen LogP contribution in [0.1, 0.15) is 24.5 Å². The molecule has 0 aromatic heterocycles. The Morgan fingerprint density at radius 1 is 1.32 bits per heavy atom. The van der Waals surface area contributed by atoms with Gasteiger partial charge in [0.2, 0.25) is 0 Å². The largest absolute Gasteiger partial charge is 0.323 e. The molecule has 3 amide bonds. The van der Waals surface area contributed by atoms with Crippen LogP contribution in [0.4, 0.5) is 4.79 Å². The van der Waals surface area contributed by atoms with E-state index in [9.17, 15) is 9.59 Å². The van der Waals surface area contributed by atoms with E-state index < -0.39 is 11.6 Å². The van der Waals surface area contributed by atoms with Crippen molar-refractivity contribution in [2.45, 2.75) is 18.9 Å². The highest BCUT2D eigenvalue weighted by molar-refractivity contribution is 6.06. The van der Waals surface area contributed by atoms with Crippen LogP contribution in [-0.2, 0) is 4.79 Å². The van der Waals surface area contributed by atoms with Crippen LogP contribution >= 0.6 is 0 Å². The Balaban J connectivity index is 2.02. The third kappa shape index (κ3) is 2.80. The topological polar surface area (TPSA) is 82.0 Å². The molecule has 1 atom stereocenters. The number of amides is 3. The summed E-state index contributed by atoms with van der Waals surface area (Å²) in [5.74, 6) is -0.318. The third-order valence-corrected chi connectivity index (χ3v) is 2.99. The van der Waals surface area contributed by atoms with Crippen molar-refractivity contribution in [3.05, 3.63) is 41.5 Å². The van der Waals surface area contributed by atoms with Gasteiger partial charge in [-0.25, -0.2) is 4.79 Å². The molecule has 5 heteroatoms. The summed E-state index contributed by atoms with van der Waals surface area (Å²) in [6.07, 6.45) is 4.08. The van der Waals surface area contributed by atoms with Gasteiger partial charge in [-0.05, 0) is 31.0 Å². The predicted molar refractivity (Wildman–Crippen MR) is 69.9 cm³/mol. The first-order valence-corrected chi connectivity index (χ1v) is 5.84. The number of carbonyl (C=O) groups is 2. The molecular formula is C14H13N3O2. The molecule has 2 N–H and O–H groups in total. The fourth-order valence-corrected chi connectivity index (χ4v) is 1.82. The number of urea groups is 1. The summed E-state index contributed by atoms with van der Waals surface area (Å²) in [6.45, 7) is 1.68. The molecule has 0 saturated carbocycles. The van der Waals surface area contributed by atoms with Crippen LogP contribution in [0.3, 0.4) is 0 Å². The number of nitrogens with zero attached hydrogens (tertiary/aromatic N) is 1. The molecule has 1 aliphatic rings. The summed E-state index contributed by atoms with van der Waals surface area (Å²) >= 11 is 0. The number of nitriles is 1. The van der Waals surface area contributed by atoms with Crippen molar-refractivity contribution < 1.29 is 9.59 Å². The molecule has 0 radical (unpaired) electrons. The van der Waals surface area contributed by atoms with Crippen LogP contribution in [-0.4, -0.2) is 17.5 Å². The van der Waals surface area contributed by atoms with Gasteiger partial charge in [0.15, 0.2) is 0 Å². The first-order chi connectivity index (χ1) is 9.03. The van der Waals surface area contributed by atoms with E-state index in [1.165, 1.54) is 0 Å². The minimum absolute atomic E-state index is 0.318. The quantitative estimate of drug-likeness (QED) is 0.804. The lowest BCUT2D eigenvalue weighted by Gasteiger charge is -2.17. The summed E-state index contributed by atoms with van der Waals surface area (Å²) in [5, 5.41) is 13.5. The molecule has 96 valence electrons. The third-order valence-electron chi connectivity index (χ3n) is 2.99. The van der Waals surface area contributed by atoms with Gasteiger partial charge in [0, 0.05) is 0 Å². The summed E-state index contributed by atoms with van der Waals surface area (Å²) in [5.41, 5.74) is 0.652. The lowest BCUT2D eigenvalue weighted by Crippen LogP contribution is -2.42. The Hall–Kier alpha value is -2.61. The van der Waals surface area contributed by atoms with E-state index in [1.807, 2.05) is 30.4 Å². The lowest BCUT2D eigenvalue weighted by molar-refractivity contribution is -0.123. The van der Waals surface area contributed by atoms with Crippen molar-refractivity contribution >= 4 is 18.0 Å². The van der Waals surface area contributed by atoms with E-state index in [0.29, 0.717) is 12.0 Å². The molecule has 0 bridgehead atoms. The zero-order valence-corrected chi connectivity index (χ0v) is 10.4. The van der Waals surface area contributed by atoms with Crippen LogP contribution in [0.2, 0.25) is 0 Å². The maximum absolute atomic E-state index is 11.6. The van der Waals surface area contributed by atoms with E-state index in [-0.39, 0.29) is 5.91 Å². The molecule has 1 saturated heterocycles. The van der Waals surface area contributed by atoms with Crippen LogP contribution < -0.4 is 10.6 Å². The number of hydrogen-bond donors (Lipinski definition) is 2. The number of imide groups is 1. The van der Waals surface area contributed by atoms with Crippen LogP contribution in [0.5, 0.6) is 0 Å². The summed E-state index contributed by atoms with van der Waals surface area (Å²) in [6, 6.07) is 8.69. The van der Waals surface area contributed by atoms with Crippen molar-refractivity contribution in [3.8, 4) is 6.07 Å². The van der Waals surface area contributed by atoms with Gasteiger partial charge < -0.3 is 5.32 Å². The van der Waals surface area contributed by atoms with Gasteiger partial charge in [-0.15, -0.1) is 0 Å². The number of nitrogens with one attached hydrogen (secondary N) is 2. The average molecular weight is 255 g/mol. The highest BCUT2D eigenvalue weighted by atomic mass is 16.2. The molecule has 1 unspecified atom stereocenters. The molecule has 1 fully saturated rings. The molecule has 2 rings (SSSR count). The zero-order chi connectivity index (χ0) is 13.9. The van der Waals surface area contributed by atoms with E-state index in [0.717, 1.165) is 5.56 Å². The SMILES string of the molecule is CC1(C/C=C/c2ccc(C#N)cc2)NC(=O)NC1=O. The fourth-order valence-electron chi connectivity index (χ4n) is 1.82. The van der Waals surface area contributed by atoms with Gasteiger partial charge in [0.25, 0.3) is 5.91 Å². The van der Waals surface area contributed by atoms with Gasteiger partial charge in [-0.2, -0.15) is 5.26 Å². The van der Waals surface area contributed by atoms with Gasteiger partial charge >= 0.3 is 6.03 Å². The minimum Gasteiger partial charge on any atom is -0.323 e. The Bertz CT molecular complexity index is 584. The van der Waals surface area contributed by atoms with E-state index >= 15 is 0 Å². The first-order valence-electron chi connectivity index (χ1n) is 5.84. The van der Waals surface area contributed by atoms with Gasteiger partial charge in [0.1, 0.15) is 5.54 Å². The van der Waals surface area contributed by atoms with Crippen molar-refractivity contribution in [1.82, 2.24) is 10.6 Å². The number of carbonyl (C=O) groups excluding carboxylic acids is 2. The normalized spacial score (nSPS) is 22.1. The van der Waals surface area contributed by atoms with Crippen LogP contribution in [0.25, 0.3) is 6.08 Å². The van der Waals surface area contributed by atoms with Gasteiger partial charge in [-0.1, -0.05) is 24.3 Å². The monoisotopic (exact) mass is 255 g/mol. The van der Waals surface area contributed by atoms with Crippen LogP contribution in [0, 0.1) is 11.3 Å². The predicted octanol–water partition coefficient (Wildman–Crippen LogP) is 1.56. The fraction of sp³-hybridized carbons (Fsp3) is 0.214. The first kappa shape index (κ1) is 12.8. The number of rotatable bonds is 3. The maximum atomic E-state index is 11.6. The highest BCUT2D eigenvalue weighted by Crippen LogP contribution is 2.16. The van der Waals surface area contributed by atoms with Crippen molar-refractivity contribution in [1.29, 1.82) is 5.26 Å². The summed E-state index contributed by atoms with van der Waals surface area (Å²) in [4.78, 5) is 22.6. The van der Waals surface area contributed by atoms with E-state index in [2.05, 4.69) is 10.6 Å². The molecule has 1 aromatic carbocycles. The summed E-state index contributed by atoms with van der Waals surface area (Å²) in [7, 11) is 0. The van der Waals surface area contributed by atoms with Gasteiger partial charge in [-0.3, -0.25) is 10.1 Å². The lowest BCUT2D eigenvalue weighted by atomic mass is 9.97. The molecule has 1 aliphatic heterocycles. The standard InChI is InChI=1S/C14H13N3O2/c1-14(12(18)16-13(19)17-14)8-2-3-10-4-6-11(9-15)7-5-10/h2-7H,8H2,1H3,(H2,16,17,18,19)/b3-2+. The molecule has 0 spiro atoms. The second kappa shape index (κ2) is 4.94. The molecular weight excluding hydrogens is 242 g/mol. The van der Waals surface area contributed by atoms with E-state index in [1.54, 1.807) is 19.1 Å². The highest BCUT2D eigenvalue weighted by Gasteiger charge is 2.40. The molecule has 5 nitrogen and oxygen atoms in total. The maximum Gasteiger partial charge on any atom is 0.322 e. The average Bonchev–Trinajstić information content (AvgIpc) is 2.64. The second-order valence-electron chi connectivity index (χ2n) is 4.58. The summed E-state index contributed by atoms with van der Waals surface area (Å²) < 4.78 is 0. The Labute approximate surface area is 110 Å².